The van der Waals surface area contributed by atoms with E-state index in [1.807, 2.05) is 6.08 Å². The van der Waals surface area contributed by atoms with Crippen molar-refractivity contribution in [3.05, 3.63) is 96.0 Å². The number of fused-ring (bicyclic) bond motifs is 2. The van der Waals surface area contributed by atoms with Crippen LogP contribution in [0.4, 0.5) is 0 Å². The maximum atomic E-state index is 6.27. The van der Waals surface area contributed by atoms with Gasteiger partial charge in [-0.25, -0.2) is 0 Å². The third-order valence-corrected chi connectivity index (χ3v) is 8.24. The molecule has 3 rings (SSSR count). The largest absolute Gasteiger partial charge is 0.369 e. The van der Waals surface area contributed by atoms with Crippen LogP contribution < -0.4 is 0 Å². The van der Waals surface area contributed by atoms with Crippen LogP contribution in [0, 0.1) is 24.2 Å². The monoisotopic (exact) mass is 482 g/mol. The summed E-state index contributed by atoms with van der Waals surface area (Å²) < 4.78 is 0. The van der Waals surface area contributed by atoms with Gasteiger partial charge in [0.2, 0.25) is 0 Å². The first-order valence-corrected chi connectivity index (χ1v) is 13.8. The van der Waals surface area contributed by atoms with E-state index in [-0.39, 0.29) is 18.0 Å². The molecule has 1 aliphatic carbocycles. The molecule has 3 aliphatic rings. The second kappa shape index (κ2) is 12.4. The summed E-state index contributed by atoms with van der Waals surface area (Å²) >= 11 is 0. The van der Waals surface area contributed by atoms with Crippen LogP contribution in [0.25, 0.3) is 0 Å². The molecule has 2 fully saturated rings. The SMILES string of the molecule is C#CC1C2CC=C3C(=C)N(C(C)CC)CCC3=C2/C(=C\C=C)C(C)N1C(=C)/C=C\C(/C=C/C)CCC. The van der Waals surface area contributed by atoms with Gasteiger partial charge >= 0.3 is 0 Å². The Morgan fingerprint density at radius 3 is 2.67 bits per heavy atom. The van der Waals surface area contributed by atoms with Crippen LogP contribution in [0.15, 0.2) is 96.0 Å². The Morgan fingerprint density at radius 1 is 1.31 bits per heavy atom. The van der Waals surface area contributed by atoms with Gasteiger partial charge in [-0.15, -0.1) is 6.42 Å². The number of hydrogen-bond acceptors (Lipinski definition) is 2. The Balaban J connectivity index is 2.01. The summed E-state index contributed by atoms with van der Waals surface area (Å²) in [5.41, 5.74) is 7.67. The summed E-state index contributed by atoms with van der Waals surface area (Å²) in [5, 5.41) is 0. The Morgan fingerprint density at radius 2 is 2.06 bits per heavy atom. The number of piperidine rings is 2. The standard InChI is InChI=1S/C34H46N2/c1-10-15-28(16-11-2)19-18-25(7)36-27(9)30(17-12-3)34-31-22-23-35(24(6)13-4)26(8)29(31)20-21-32(34)33(36)14-5/h5,10,12,15,17-20,24,27-28,32-33H,3,7-8,11,13,16,21-23H2,1-2,4,6,9H3/b15-10+,19-18-,30-17-. The molecule has 0 aromatic carbocycles. The zero-order valence-corrected chi connectivity index (χ0v) is 23.3. The van der Waals surface area contributed by atoms with Gasteiger partial charge in [0, 0.05) is 29.9 Å². The average molecular weight is 483 g/mol. The highest BCUT2D eigenvalue weighted by molar-refractivity contribution is 5.60. The molecular formula is C34H46N2. The number of rotatable bonds is 9. The molecule has 2 aliphatic heterocycles. The van der Waals surface area contributed by atoms with E-state index in [1.54, 1.807) is 0 Å². The Hall–Kier alpha value is -2.92. The lowest BCUT2D eigenvalue weighted by Gasteiger charge is -2.51. The van der Waals surface area contributed by atoms with Crippen LogP contribution in [-0.2, 0) is 0 Å². The first-order chi connectivity index (χ1) is 17.3. The molecule has 2 heterocycles. The highest BCUT2D eigenvalue weighted by Gasteiger charge is 2.44. The fourth-order valence-corrected chi connectivity index (χ4v) is 6.27. The maximum Gasteiger partial charge on any atom is 0.0978 e. The number of hydrogen-bond donors (Lipinski definition) is 0. The van der Waals surface area contributed by atoms with Gasteiger partial charge in [0.1, 0.15) is 0 Å². The third-order valence-electron chi connectivity index (χ3n) is 8.24. The first-order valence-electron chi connectivity index (χ1n) is 13.8. The molecule has 36 heavy (non-hydrogen) atoms. The second-order valence-corrected chi connectivity index (χ2v) is 10.4. The minimum atomic E-state index is -0.0355. The van der Waals surface area contributed by atoms with Gasteiger partial charge in [0.15, 0.2) is 0 Å². The van der Waals surface area contributed by atoms with E-state index < -0.39 is 0 Å². The van der Waals surface area contributed by atoms with Gasteiger partial charge in [-0.2, -0.15) is 0 Å². The predicted octanol–water partition coefficient (Wildman–Crippen LogP) is 8.13. The molecule has 192 valence electrons. The molecule has 0 spiro atoms. The Kier molecular flexibility index (Phi) is 9.49. The molecule has 2 heteroatoms. The van der Waals surface area contributed by atoms with Crippen molar-refractivity contribution in [2.24, 2.45) is 11.8 Å². The quantitative estimate of drug-likeness (QED) is 0.186. The smallest absolute Gasteiger partial charge is 0.0978 e. The van der Waals surface area contributed by atoms with E-state index in [9.17, 15) is 0 Å². The minimum absolute atomic E-state index is 0.0355. The van der Waals surface area contributed by atoms with Gasteiger partial charge in [-0.3, -0.25) is 0 Å². The van der Waals surface area contributed by atoms with Crippen molar-refractivity contribution in [3.8, 4) is 12.3 Å². The fraction of sp³-hybridized carbons (Fsp3) is 0.471. The van der Waals surface area contributed by atoms with E-state index in [1.165, 1.54) is 28.0 Å². The van der Waals surface area contributed by atoms with Gasteiger partial charge < -0.3 is 9.80 Å². The van der Waals surface area contributed by atoms with Crippen LogP contribution in [0.5, 0.6) is 0 Å². The van der Waals surface area contributed by atoms with Crippen molar-refractivity contribution in [1.82, 2.24) is 9.80 Å². The molecule has 0 radical (unpaired) electrons. The summed E-state index contributed by atoms with van der Waals surface area (Å²) in [5.74, 6) is 3.84. The topological polar surface area (TPSA) is 6.48 Å². The molecule has 5 unspecified atom stereocenters. The molecule has 0 amide bonds. The van der Waals surface area contributed by atoms with E-state index >= 15 is 0 Å². The normalized spacial score (nSPS) is 27.1. The van der Waals surface area contributed by atoms with Crippen LogP contribution in [-0.4, -0.2) is 34.5 Å². The van der Waals surface area contributed by atoms with Crippen LogP contribution in [0.2, 0.25) is 0 Å². The van der Waals surface area contributed by atoms with E-state index in [0.29, 0.717) is 12.0 Å². The summed E-state index contributed by atoms with van der Waals surface area (Å²) in [6, 6.07) is 0.581. The Bertz CT molecular complexity index is 1050. The van der Waals surface area contributed by atoms with Crippen molar-refractivity contribution in [2.75, 3.05) is 6.54 Å². The summed E-state index contributed by atoms with van der Waals surface area (Å²) in [4.78, 5) is 4.84. The van der Waals surface area contributed by atoms with Crippen LogP contribution in [0.1, 0.15) is 66.7 Å². The molecule has 0 aromatic heterocycles. The van der Waals surface area contributed by atoms with E-state index in [4.69, 9.17) is 6.42 Å². The van der Waals surface area contributed by atoms with Crippen LogP contribution >= 0.6 is 0 Å². The van der Waals surface area contributed by atoms with Crippen molar-refractivity contribution in [3.63, 3.8) is 0 Å². The summed E-state index contributed by atoms with van der Waals surface area (Å²) in [6.45, 7) is 25.2. The first kappa shape index (κ1) is 27.7. The van der Waals surface area contributed by atoms with Crippen molar-refractivity contribution < 1.29 is 0 Å². The number of terminal acetylenes is 1. The fourth-order valence-electron chi connectivity index (χ4n) is 6.27. The lowest BCUT2D eigenvalue weighted by Crippen LogP contribution is -2.51. The molecule has 0 saturated carbocycles. The second-order valence-electron chi connectivity index (χ2n) is 10.4. The predicted molar refractivity (Wildman–Crippen MR) is 157 cm³/mol. The summed E-state index contributed by atoms with van der Waals surface area (Å²) in [6.07, 6.45) is 27.0. The average Bonchev–Trinajstić information content (AvgIpc) is 2.88. The van der Waals surface area contributed by atoms with Crippen molar-refractivity contribution >= 4 is 0 Å². The van der Waals surface area contributed by atoms with Gasteiger partial charge in [0.25, 0.3) is 0 Å². The molecule has 5 atom stereocenters. The number of likely N-dealkylation sites (tertiary alicyclic amines) is 2. The zero-order valence-electron chi connectivity index (χ0n) is 23.3. The molecular weight excluding hydrogens is 436 g/mol. The maximum absolute atomic E-state index is 6.27. The van der Waals surface area contributed by atoms with E-state index in [0.717, 1.165) is 44.3 Å². The third kappa shape index (κ3) is 5.27. The number of allylic oxidation sites excluding steroid dienone is 8. The highest BCUT2D eigenvalue weighted by Crippen LogP contribution is 2.49. The zero-order chi connectivity index (χ0) is 26.4. The van der Waals surface area contributed by atoms with Gasteiger partial charge in [-0.05, 0) is 80.7 Å². The molecule has 2 saturated heterocycles. The lowest BCUT2D eigenvalue weighted by atomic mass is 9.68. The van der Waals surface area contributed by atoms with E-state index in [2.05, 4.69) is 107 Å². The Labute approximate surface area is 221 Å². The molecule has 0 bridgehead atoms. The van der Waals surface area contributed by atoms with Crippen molar-refractivity contribution in [1.29, 1.82) is 0 Å². The number of nitrogens with zero attached hydrogens (tertiary/aromatic N) is 2. The van der Waals surface area contributed by atoms with Crippen LogP contribution in [0.3, 0.4) is 0 Å². The molecule has 0 N–H and O–H groups in total. The van der Waals surface area contributed by atoms with Gasteiger partial charge in [-0.1, -0.05) is 82.4 Å². The minimum Gasteiger partial charge on any atom is -0.369 e. The molecule has 0 aromatic rings. The molecule has 2 nitrogen and oxygen atoms in total. The lowest BCUT2D eigenvalue weighted by molar-refractivity contribution is 0.192. The summed E-state index contributed by atoms with van der Waals surface area (Å²) in [7, 11) is 0. The van der Waals surface area contributed by atoms with Gasteiger partial charge in [0.05, 0.1) is 12.1 Å². The van der Waals surface area contributed by atoms with Crippen molar-refractivity contribution in [2.45, 2.75) is 84.8 Å². The highest BCUT2D eigenvalue weighted by atomic mass is 15.2.